The highest BCUT2D eigenvalue weighted by atomic mass is 32.2. The van der Waals surface area contributed by atoms with Crippen molar-refractivity contribution in [2.75, 3.05) is 24.2 Å². The van der Waals surface area contributed by atoms with Gasteiger partial charge in [0.25, 0.3) is 0 Å². The van der Waals surface area contributed by atoms with E-state index < -0.39 is 26.7 Å². The van der Waals surface area contributed by atoms with Crippen molar-refractivity contribution in [1.82, 2.24) is 5.32 Å². The SMILES string of the molecule is Cc1cccc(C(C)C)c1NC(=O)CS(=O)(=O)C1CCNC1. The molecule has 2 rings (SSSR count). The Morgan fingerprint density at radius 2 is 2.14 bits per heavy atom. The zero-order valence-corrected chi connectivity index (χ0v) is 14.2. The minimum atomic E-state index is -3.40. The maximum Gasteiger partial charge on any atom is 0.239 e. The molecule has 1 fully saturated rings. The van der Waals surface area contributed by atoms with Crippen molar-refractivity contribution in [3.05, 3.63) is 29.3 Å². The second-order valence-electron chi connectivity index (χ2n) is 6.16. The third-order valence-corrected chi connectivity index (χ3v) is 6.13. The fourth-order valence-electron chi connectivity index (χ4n) is 2.75. The number of para-hydroxylation sites is 1. The molecular weight excluding hydrogens is 300 g/mol. The van der Waals surface area contributed by atoms with Gasteiger partial charge in [-0.1, -0.05) is 32.0 Å². The van der Waals surface area contributed by atoms with Crippen LogP contribution < -0.4 is 10.6 Å². The Morgan fingerprint density at radius 1 is 1.41 bits per heavy atom. The number of carbonyl (C=O) groups is 1. The number of hydrogen-bond donors (Lipinski definition) is 2. The van der Waals surface area contributed by atoms with E-state index in [9.17, 15) is 13.2 Å². The summed E-state index contributed by atoms with van der Waals surface area (Å²) < 4.78 is 24.5. The van der Waals surface area contributed by atoms with E-state index in [0.29, 0.717) is 19.5 Å². The Labute approximate surface area is 132 Å². The standard InChI is InChI=1S/C16H24N2O3S/c1-11(2)14-6-4-5-12(3)16(14)18-15(19)10-22(20,21)13-7-8-17-9-13/h4-6,11,13,17H,7-10H2,1-3H3,(H,18,19). The third-order valence-electron chi connectivity index (χ3n) is 4.05. The molecule has 1 aliphatic heterocycles. The fourth-order valence-corrected chi connectivity index (χ4v) is 4.28. The van der Waals surface area contributed by atoms with Crippen LogP contribution in [-0.2, 0) is 14.6 Å². The molecular formula is C16H24N2O3S. The number of benzene rings is 1. The largest absolute Gasteiger partial charge is 0.325 e. The molecule has 22 heavy (non-hydrogen) atoms. The number of amides is 1. The fraction of sp³-hybridized carbons (Fsp3) is 0.562. The van der Waals surface area contributed by atoms with Gasteiger partial charge in [-0.2, -0.15) is 0 Å². The van der Waals surface area contributed by atoms with Crippen LogP contribution in [0.2, 0.25) is 0 Å². The Balaban J connectivity index is 2.13. The van der Waals surface area contributed by atoms with E-state index in [2.05, 4.69) is 10.6 Å². The first kappa shape index (κ1) is 17.0. The van der Waals surface area contributed by atoms with Crippen LogP contribution in [0.4, 0.5) is 5.69 Å². The number of rotatable bonds is 5. The highest BCUT2D eigenvalue weighted by molar-refractivity contribution is 7.92. The lowest BCUT2D eigenvalue weighted by molar-refractivity contribution is -0.113. The van der Waals surface area contributed by atoms with Crippen LogP contribution in [0.3, 0.4) is 0 Å². The van der Waals surface area contributed by atoms with Crippen LogP contribution >= 0.6 is 0 Å². The molecule has 0 radical (unpaired) electrons. The Bertz CT molecular complexity index is 647. The molecule has 1 unspecified atom stereocenters. The first-order chi connectivity index (χ1) is 10.3. The van der Waals surface area contributed by atoms with E-state index in [4.69, 9.17) is 0 Å². The number of nitrogens with one attached hydrogen (secondary N) is 2. The van der Waals surface area contributed by atoms with Gasteiger partial charge in [0, 0.05) is 12.2 Å². The number of carbonyl (C=O) groups excluding carboxylic acids is 1. The van der Waals surface area contributed by atoms with Crippen molar-refractivity contribution < 1.29 is 13.2 Å². The monoisotopic (exact) mass is 324 g/mol. The van der Waals surface area contributed by atoms with Crippen LogP contribution in [0.1, 0.15) is 37.3 Å². The van der Waals surface area contributed by atoms with E-state index in [1.165, 1.54) is 0 Å². The van der Waals surface area contributed by atoms with Gasteiger partial charge in [-0.15, -0.1) is 0 Å². The molecule has 2 N–H and O–H groups in total. The minimum Gasteiger partial charge on any atom is -0.325 e. The van der Waals surface area contributed by atoms with Crippen molar-refractivity contribution in [3.8, 4) is 0 Å². The topological polar surface area (TPSA) is 75.3 Å². The summed E-state index contributed by atoms with van der Waals surface area (Å²) in [4.78, 5) is 12.2. The summed E-state index contributed by atoms with van der Waals surface area (Å²) >= 11 is 0. The lowest BCUT2D eigenvalue weighted by atomic mass is 9.98. The summed E-state index contributed by atoms with van der Waals surface area (Å²) in [5, 5.41) is 5.38. The smallest absolute Gasteiger partial charge is 0.239 e. The average molecular weight is 324 g/mol. The number of aryl methyl sites for hydroxylation is 1. The highest BCUT2D eigenvalue weighted by Crippen LogP contribution is 2.27. The third kappa shape index (κ3) is 3.87. The van der Waals surface area contributed by atoms with E-state index in [1.54, 1.807) is 0 Å². The number of hydrogen-bond acceptors (Lipinski definition) is 4. The summed E-state index contributed by atoms with van der Waals surface area (Å²) in [7, 11) is -3.40. The predicted octanol–water partition coefficient (Wildman–Crippen LogP) is 1.83. The highest BCUT2D eigenvalue weighted by Gasteiger charge is 2.30. The van der Waals surface area contributed by atoms with Gasteiger partial charge >= 0.3 is 0 Å². The quantitative estimate of drug-likeness (QED) is 0.866. The summed E-state index contributed by atoms with van der Waals surface area (Å²) in [5.74, 6) is -0.653. The average Bonchev–Trinajstić information content (AvgIpc) is 2.95. The van der Waals surface area contributed by atoms with Crippen LogP contribution in [0.5, 0.6) is 0 Å². The van der Waals surface area contributed by atoms with Crippen molar-refractivity contribution >= 4 is 21.4 Å². The van der Waals surface area contributed by atoms with Crippen LogP contribution in [0.25, 0.3) is 0 Å². The molecule has 1 amide bonds. The van der Waals surface area contributed by atoms with E-state index >= 15 is 0 Å². The van der Waals surface area contributed by atoms with E-state index in [-0.39, 0.29) is 5.92 Å². The van der Waals surface area contributed by atoms with Crippen molar-refractivity contribution in [2.45, 2.75) is 38.4 Å². The van der Waals surface area contributed by atoms with Gasteiger partial charge in [0.2, 0.25) is 5.91 Å². The summed E-state index contributed by atoms with van der Waals surface area (Å²) in [6.45, 7) is 7.14. The second-order valence-corrected chi connectivity index (χ2v) is 8.45. The normalized spacial score (nSPS) is 18.6. The van der Waals surface area contributed by atoms with Gasteiger partial charge in [-0.3, -0.25) is 4.79 Å². The van der Waals surface area contributed by atoms with Crippen LogP contribution in [-0.4, -0.2) is 38.4 Å². The van der Waals surface area contributed by atoms with E-state index in [1.807, 2.05) is 39.0 Å². The van der Waals surface area contributed by atoms with Gasteiger partial charge < -0.3 is 10.6 Å². The van der Waals surface area contributed by atoms with Gasteiger partial charge in [0.1, 0.15) is 5.75 Å². The molecule has 122 valence electrons. The molecule has 1 heterocycles. The predicted molar refractivity (Wildman–Crippen MR) is 89.0 cm³/mol. The maximum absolute atomic E-state index is 12.2. The number of anilines is 1. The first-order valence-electron chi connectivity index (χ1n) is 7.63. The Hall–Kier alpha value is -1.40. The minimum absolute atomic E-state index is 0.255. The molecule has 0 aromatic heterocycles. The lowest BCUT2D eigenvalue weighted by Gasteiger charge is -2.17. The van der Waals surface area contributed by atoms with Crippen LogP contribution in [0, 0.1) is 6.92 Å². The zero-order chi connectivity index (χ0) is 16.3. The van der Waals surface area contributed by atoms with Gasteiger partial charge in [-0.05, 0) is 36.9 Å². The molecule has 1 aromatic rings. The first-order valence-corrected chi connectivity index (χ1v) is 9.34. The summed E-state index contributed by atoms with van der Waals surface area (Å²) in [6, 6.07) is 5.82. The lowest BCUT2D eigenvalue weighted by Crippen LogP contribution is -2.32. The molecule has 1 atom stereocenters. The molecule has 0 bridgehead atoms. The Kier molecular flexibility index (Phi) is 5.24. The van der Waals surface area contributed by atoms with Crippen LogP contribution in [0.15, 0.2) is 18.2 Å². The molecule has 1 saturated heterocycles. The molecule has 0 saturated carbocycles. The van der Waals surface area contributed by atoms with Crippen molar-refractivity contribution in [1.29, 1.82) is 0 Å². The maximum atomic E-state index is 12.2. The molecule has 0 aliphatic carbocycles. The van der Waals surface area contributed by atoms with E-state index in [0.717, 1.165) is 16.8 Å². The Morgan fingerprint density at radius 3 is 2.73 bits per heavy atom. The van der Waals surface area contributed by atoms with Crippen molar-refractivity contribution in [3.63, 3.8) is 0 Å². The van der Waals surface area contributed by atoms with Crippen molar-refractivity contribution in [2.24, 2.45) is 0 Å². The van der Waals surface area contributed by atoms with Gasteiger partial charge in [-0.25, -0.2) is 8.42 Å². The molecule has 5 nitrogen and oxygen atoms in total. The second kappa shape index (κ2) is 6.79. The molecule has 1 aliphatic rings. The van der Waals surface area contributed by atoms with Gasteiger partial charge in [0.15, 0.2) is 9.84 Å². The molecule has 6 heteroatoms. The summed E-state index contributed by atoms with van der Waals surface area (Å²) in [6.07, 6.45) is 0.581. The zero-order valence-electron chi connectivity index (χ0n) is 13.3. The molecule has 1 aromatic carbocycles. The molecule has 0 spiro atoms. The number of sulfone groups is 1. The summed E-state index contributed by atoms with van der Waals surface area (Å²) in [5.41, 5.74) is 2.70. The van der Waals surface area contributed by atoms with Gasteiger partial charge in [0.05, 0.1) is 5.25 Å².